The van der Waals surface area contributed by atoms with Crippen molar-refractivity contribution in [3.8, 4) is 5.75 Å². The van der Waals surface area contributed by atoms with Crippen LogP contribution in [0.4, 0.5) is 18.9 Å². The van der Waals surface area contributed by atoms with E-state index < -0.39 is 6.36 Å². The van der Waals surface area contributed by atoms with Gasteiger partial charge in [-0.1, -0.05) is 18.2 Å². The van der Waals surface area contributed by atoms with Gasteiger partial charge in [-0.3, -0.25) is 0 Å². The number of nitrogens with one attached hydrogen (secondary N) is 3. The van der Waals surface area contributed by atoms with E-state index in [0.29, 0.717) is 17.3 Å². The van der Waals surface area contributed by atoms with E-state index in [-0.39, 0.29) is 5.75 Å². The molecule has 0 unspecified atom stereocenters. The van der Waals surface area contributed by atoms with Crippen LogP contribution in [0.5, 0.6) is 5.75 Å². The highest BCUT2D eigenvalue weighted by atomic mass is 32.1. The molecule has 4 nitrogen and oxygen atoms in total. The molecule has 8 heteroatoms. The molecule has 0 saturated carbocycles. The number of fused-ring (bicyclic) bond motifs is 1. The Labute approximate surface area is 153 Å². The van der Waals surface area contributed by atoms with Gasteiger partial charge < -0.3 is 20.4 Å². The molecule has 0 radical (unpaired) electrons. The summed E-state index contributed by atoms with van der Waals surface area (Å²) in [5, 5.41) is 7.58. The summed E-state index contributed by atoms with van der Waals surface area (Å²) in [6.45, 7) is 0.628. The van der Waals surface area contributed by atoms with Gasteiger partial charge in [0.1, 0.15) is 5.75 Å². The molecule has 3 N–H and O–H groups in total. The molecular weight excluding hydrogens is 363 g/mol. The van der Waals surface area contributed by atoms with Crippen LogP contribution in [0, 0.1) is 0 Å². The molecule has 3 rings (SSSR count). The molecular formula is C18H16F3N3OS. The molecule has 0 fully saturated rings. The van der Waals surface area contributed by atoms with Crippen molar-refractivity contribution in [2.75, 3.05) is 11.9 Å². The van der Waals surface area contributed by atoms with Crippen molar-refractivity contribution >= 4 is 33.9 Å². The van der Waals surface area contributed by atoms with Crippen molar-refractivity contribution in [2.24, 2.45) is 0 Å². The molecule has 26 heavy (non-hydrogen) atoms. The zero-order valence-electron chi connectivity index (χ0n) is 13.6. The number of benzene rings is 2. The van der Waals surface area contributed by atoms with E-state index in [1.165, 1.54) is 35.2 Å². The summed E-state index contributed by atoms with van der Waals surface area (Å²) in [5.74, 6) is -0.277. The van der Waals surface area contributed by atoms with Crippen molar-refractivity contribution in [2.45, 2.75) is 12.8 Å². The number of H-pyrrole nitrogens is 1. The number of ether oxygens (including phenoxy) is 1. The molecule has 136 valence electrons. The third kappa shape index (κ3) is 4.89. The maximum absolute atomic E-state index is 12.1. The Morgan fingerprint density at radius 3 is 2.54 bits per heavy atom. The summed E-state index contributed by atoms with van der Waals surface area (Å²) in [7, 11) is 0. The Balaban J connectivity index is 1.48. The van der Waals surface area contributed by atoms with Gasteiger partial charge in [0.2, 0.25) is 0 Å². The van der Waals surface area contributed by atoms with Crippen LogP contribution in [0.3, 0.4) is 0 Å². The smallest absolute Gasteiger partial charge is 0.406 e. The summed E-state index contributed by atoms with van der Waals surface area (Å²) in [5.41, 5.74) is 2.85. The molecule has 2 aromatic carbocycles. The van der Waals surface area contributed by atoms with E-state index in [1.807, 2.05) is 24.4 Å². The zero-order valence-corrected chi connectivity index (χ0v) is 14.4. The lowest BCUT2D eigenvalue weighted by molar-refractivity contribution is -0.274. The summed E-state index contributed by atoms with van der Waals surface area (Å²) in [4.78, 5) is 3.22. The number of rotatable bonds is 5. The molecule has 3 aromatic rings. The second-order valence-electron chi connectivity index (χ2n) is 5.56. The molecule has 0 amide bonds. The number of thiocarbonyl (C=S) groups is 1. The van der Waals surface area contributed by atoms with Gasteiger partial charge >= 0.3 is 6.36 Å². The third-order valence-electron chi connectivity index (χ3n) is 3.70. The van der Waals surface area contributed by atoms with Crippen LogP contribution in [0.1, 0.15) is 5.56 Å². The molecule has 0 bridgehead atoms. The fraction of sp³-hybridized carbons (Fsp3) is 0.167. The minimum Gasteiger partial charge on any atom is -0.406 e. The van der Waals surface area contributed by atoms with Crippen LogP contribution in [-0.2, 0) is 6.42 Å². The molecule has 0 spiro atoms. The highest BCUT2D eigenvalue weighted by molar-refractivity contribution is 7.80. The highest BCUT2D eigenvalue weighted by Gasteiger charge is 2.30. The van der Waals surface area contributed by atoms with E-state index in [9.17, 15) is 13.2 Å². The predicted molar refractivity (Wildman–Crippen MR) is 99.4 cm³/mol. The molecule has 0 atom stereocenters. The van der Waals surface area contributed by atoms with Crippen molar-refractivity contribution in [3.63, 3.8) is 0 Å². The number of alkyl halides is 3. The molecule has 1 heterocycles. The van der Waals surface area contributed by atoms with Crippen LogP contribution in [0.15, 0.2) is 54.7 Å². The normalized spacial score (nSPS) is 11.3. The first kappa shape index (κ1) is 18.1. The lowest BCUT2D eigenvalue weighted by Gasteiger charge is -2.12. The van der Waals surface area contributed by atoms with Crippen LogP contribution < -0.4 is 15.4 Å². The number of aromatic amines is 1. The summed E-state index contributed by atoms with van der Waals surface area (Å²) in [6.07, 6.45) is -1.94. The lowest BCUT2D eigenvalue weighted by Crippen LogP contribution is -2.30. The number of hydrogen-bond acceptors (Lipinski definition) is 2. The first-order valence-electron chi connectivity index (χ1n) is 7.86. The van der Waals surface area contributed by atoms with Gasteiger partial charge in [-0.25, -0.2) is 0 Å². The number of halogens is 3. The minimum atomic E-state index is -4.70. The number of anilines is 1. The van der Waals surface area contributed by atoms with Gasteiger partial charge in [-0.15, -0.1) is 13.2 Å². The van der Waals surface area contributed by atoms with E-state index in [0.717, 1.165) is 11.9 Å². The second kappa shape index (κ2) is 7.65. The van der Waals surface area contributed by atoms with Crippen molar-refractivity contribution in [3.05, 3.63) is 60.3 Å². The first-order chi connectivity index (χ1) is 12.4. The van der Waals surface area contributed by atoms with Crippen molar-refractivity contribution < 1.29 is 17.9 Å². The zero-order chi connectivity index (χ0) is 18.6. The van der Waals surface area contributed by atoms with Crippen molar-refractivity contribution in [1.29, 1.82) is 0 Å². The molecule has 1 aromatic heterocycles. The second-order valence-corrected chi connectivity index (χ2v) is 5.97. The predicted octanol–water partition coefficient (Wildman–Crippen LogP) is 4.60. The topological polar surface area (TPSA) is 49.1 Å². The first-order valence-corrected chi connectivity index (χ1v) is 8.27. The molecule has 0 saturated heterocycles. The van der Waals surface area contributed by atoms with Crippen molar-refractivity contribution in [1.82, 2.24) is 10.3 Å². The van der Waals surface area contributed by atoms with Gasteiger partial charge in [-0.05, 0) is 54.5 Å². The van der Waals surface area contributed by atoms with Crippen LogP contribution in [0.2, 0.25) is 0 Å². The Morgan fingerprint density at radius 2 is 1.81 bits per heavy atom. The highest BCUT2D eigenvalue weighted by Crippen LogP contribution is 2.24. The molecule has 0 aliphatic rings. The van der Waals surface area contributed by atoms with E-state index in [2.05, 4.69) is 26.4 Å². The average molecular weight is 379 g/mol. The summed E-state index contributed by atoms with van der Waals surface area (Å²) >= 11 is 5.21. The third-order valence-corrected chi connectivity index (χ3v) is 3.95. The van der Waals surface area contributed by atoms with Gasteiger partial charge in [0, 0.05) is 29.3 Å². The summed E-state index contributed by atoms with van der Waals surface area (Å²) in [6, 6.07) is 13.4. The van der Waals surface area contributed by atoms with Crippen LogP contribution in [0.25, 0.3) is 10.9 Å². The minimum absolute atomic E-state index is 0.277. The van der Waals surface area contributed by atoms with E-state index >= 15 is 0 Å². The fourth-order valence-electron chi connectivity index (χ4n) is 2.56. The van der Waals surface area contributed by atoms with Crippen LogP contribution in [-0.4, -0.2) is 23.0 Å². The Morgan fingerprint density at radius 1 is 1.08 bits per heavy atom. The average Bonchev–Trinajstić information content (AvgIpc) is 2.99. The van der Waals surface area contributed by atoms with Crippen LogP contribution >= 0.6 is 12.2 Å². The molecule has 0 aliphatic heterocycles. The van der Waals surface area contributed by atoms with Gasteiger partial charge in [0.15, 0.2) is 5.11 Å². The Bertz CT molecular complexity index is 891. The monoisotopic (exact) mass is 379 g/mol. The standard InChI is InChI=1S/C18H16F3N3OS/c19-18(20,21)25-14-7-5-13(6-8-14)24-17(26)22-10-9-12-11-23-16-4-2-1-3-15(12)16/h1-8,11,23H,9-10H2,(H2,22,24,26). The number of aromatic nitrogens is 1. The fourth-order valence-corrected chi connectivity index (χ4v) is 2.78. The number of para-hydroxylation sites is 1. The largest absolute Gasteiger partial charge is 0.573 e. The Kier molecular flexibility index (Phi) is 5.32. The number of hydrogen-bond donors (Lipinski definition) is 3. The quantitative estimate of drug-likeness (QED) is 0.568. The summed E-state index contributed by atoms with van der Waals surface area (Å²) < 4.78 is 40.2. The molecule has 0 aliphatic carbocycles. The van der Waals surface area contributed by atoms with E-state index in [4.69, 9.17) is 12.2 Å². The SMILES string of the molecule is FC(F)(F)Oc1ccc(NC(=S)NCCc2c[nH]c3ccccc23)cc1. The van der Waals surface area contributed by atoms with E-state index in [1.54, 1.807) is 0 Å². The maximum Gasteiger partial charge on any atom is 0.573 e. The lowest BCUT2D eigenvalue weighted by atomic mass is 10.1. The van der Waals surface area contributed by atoms with Gasteiger partial charge in [0.05, 0.1) is 0 Å². The van der Waals surface area contributed by atoms with Gasteiger partial charge in [0.25, 0.3) is 0 Å². The maximum atomic E-state index is 12.1. The Hall–Kier alpha value is -2.74. The van der Waals surface area contributed by atoms with Gasteiger partial charge in [-0.2, -0.15) is 0 Å².